The van der Waals surface area contributed by atoms with Crippen LogP contribution in [0.3, 0.4) is 0 Å². The van der Waals surface area contributed by atoms with Crippen LogP contribution in [0.5, 0.6) is 0 Å². The van der Waals surface area contributed by atoms with Crippen LogP contribution in [-0.4, -0.2) is 61.4 Å². The molecule has 0 aliphatic carbocycles. The van der Waals surface area contributed by atoms with Gasteiger partial charge >= 0.3 is 23.5 Å². The SMILES string of the molecule is O=[N+]([O-])C([N+](=O)[O-])([N+](=O)[O-])[N+]([O-])=Nc1nonc1N=[N+]([O-])C([N+](=O)[O-])([N+](=O)[O-])[N+](=O)[O-]. The molecule has 1 aromatic rings. The first-order valence-corrected chi connectivity index (χ1v) is 6.25. The van der Waals surface area contributed by atoms with Crippen molar-refractivity contribution in [1.82, 2.24) is 10.3 Å². The van der Waals surface area contributed by atoms with Crippen molar-refractivity contribution >= 4 is 11.6 Å². The van der Waals surface area contributed by atoms with Gasteiger partial charge in [-0.05, 0) is 10.3 Å². The summed E-state index contributed by atoms with van der Waals surface area (Å²) in [7, 11) is 0. The van der Waals surface area contributed by atoms with Crippen LogP contribution >= 0.6 is 0 Å². The van der Waals surface area contributed by atoms with E-state index < -0.39 is 62.7 Å². The quantitative estimate of drug-likeness (QED) is 0.122. The molecule has 0 unspecified atom stereocenters. The Morgan fingerprint density at radius 2 is 0.774 bits per heavy atom. The molecule has 0 fully saturated rings. The van der Waals surface area contributed by atoms with E-state index in [9.17, 15) is 71.1 Å². The van der Waals surface area contributed by atoms with Gasteiger partial charge in [0.1, 0.15) is 9.72 Å². The van der Waals surface area contributed by atoms with Gasteiger partial charge in [-0.15, -0.1) is 0 Å². The number of nitro groups is 6. The van der Waals surface area contributed by atoms with E-state index in [4.69, 9.17) is 0 Å². The molecular weight excluding hydrogens is 456 g/mol. The maximum atomic E-state index is 11.7. The number of aromatic nitrogens is 2. The molecule has 0 aliphatic rings. The lowest BCUT2D eigenvalue weighted by atomic mass is 10.6. The third-order valence-corrected chi connectivity index (χ3v) is 2.81. The zero-order valence-electron chi connectivity index (χ0n) is 13.5. The highest BCUT2D eigenvalue weighted by Crippen LogP contribution is 2.27. The molecule has 0 aliphatic heterocycles. The summed E-state index contributed by atoms with van der Waals surface area (Å²) in [6, 6.07) is 0. The van der Waals surface area contributed by atoms with Gasteiger partial charge in [0, 0.05) is 0 Å². The predicted octanol–water partition coefficient (Wildman–Crippen LogP) is -1.86. The average Bonchev–Trinajstić information content (AvgIpc) is 3.00. The van der Waals surface area contributed by atoms with E-state index in [2.05, 4.69) is 25.2 Å². The maximum Gasteiger partial charge on any atom is 0.937 e. The molecule has 0 aromatic carbocycles. The number of hydrogen-bond acceptors (Lipinski definition) is 19. The monoisotopic (exact) mass is 456 g/mol. The first-order chi connectivity index (χ1) is 14.2. The molecule has 27 heteroatoms. The minimum Gasteiger partial charge on any atom is -0.582 e. The third kappa shape index (κ3) is 3.34. The molecule has 166 valence electrons. The molecule has 0 atom stereocenters. The van der Waals surface area contributed by atoms with Gasteiger partial charge in [0.2, 0.25) is 0 Å². The van der Waals surface area contributed by atoms with E-state index in [1.165, 1.54) is 0 Å². The minimum absolute atomic E-state index is 1.67. The maximum absolute atomic E-state index is 11.7. The molecule has 1 heterocycles. The normalized spacial score (nSPS) is 12.8. The second-order valence-electron chi connectivity index (χ2n) is 4.40. The summed E-state index contributed by atoms with van der Waals surface area (Å²) >= 11 is 0. The predicted molar refractivity (Wildman–Crippen MR) is 73.2 cm³/mol. The molecule has 0 N–H and O–H groups in total. The van der Waals surface area contributed by atoms with Crippen molar-refractivity contribution in [2.24, 2.45) is 10.2 Å². The molecule has 0 bridgehead atoms. The fraction of sp³-hybridized carbons (Fsp3) is 0.500. The van der Waals surface area contributed by atoms with E-state index in [1.54, 1.807) is 0 Å². The highest BCUT2D eigenvalue weighted by atomic mass is 16.8. The summed E-state index contributed by atoms with van der Waals surface area (Å²) in [6.45, 7) is 0. The minimum atomic E-state index is -4.92. The lowest BCUT2D eigenvalue weighted by Gasteiger charge is -2.04. The largest absolute Gasteiger partial charge is 0.937 e. The number of nitrogens with zero attached hydrogens (tertiary/aromatic N) is 12. The standard InChI is InChI=1S/C4N12O15/c17-9(3(11(19)20,12(21)22)13(23)24)5-1-2(8-31-7-1)6-10(18)4(14(25)26,15(27)28)16(29)30. The summed E-state index contributed by atoms with van der Waals surface area (Å²) in [5, 5.41) is 97.7. The summed E-state index contributed by atoms with van der Waals surface area (Å²) in [5.41, 5.74) is 0. The second kappa shape index (κ2) is 7.76. The molecule has 1 aromatic heterocycles. The fourth-order valence-corrected chi connectivity index (χ4v) is 1.43. The van der Waals surface area contributed by atoms with Gasteiger partial charge in [0.15, 0.2) is 0 Å². The van der Waals surface area contributed by atoms with Crippen LogP contribution in [-0.2, 0) is 0 Å². The van der Waals surface area contributed by atoms with Crippen LogP contribution in [0.2, 0.25) is 0 Å². The summed E-state index contributed by atoms with van der Waals surface area (Å²) in [4.78, 5) is 47.0. The fourth-order valence-electron chi connectivity index (χ4n) is 1.43. The van der Waals surface area contributed by atoms with Crippen LogP contribution in [0.1, 0.15) is 0 Å². The Morgan fingerprint density at radius 3 is 0.968 bits per heavy atom. The average molecular weight is 456 g/mol. The Bertz CT molecular complexity index is 898. The van der Waals surface area contributed by atoms with Crippen molar-refractivity contribution in [1.29, 1.82) is 0 Å². The van der Waals surface area contributed by atoms with Crippen LogP contribution < -0.4 is 0 Å². The topological polar surface area (TPSA) is 375 Å². The lowest BCUT2D eigenvalue weighted by molar-refractivity contribution is -1.12. The van der Waals surface area contributed by atoms with E-state index in [0.717, 1.165) is 0 Å². The van der Waals surface area contributed by atoms with Crippen molar-refractivity contribution < 1.29 is 43.9 Å². The Kier molecular flexibility index (Phi) is 5.85. The molecule has 0 amide bonds. The van der Waals surface area contributed by atoms with Crippen molar-refractivity contribution in [3.05, 3.63) is 71.1 Å². The zero-order chi connectivity index (χ0) is 24.3. The van der Waals surface area contributed by atoms with Gasteiger partial charge in [0.05, 0.1) is 10.2 Å². The Hall–Kier alpha value is -5.66. The highest BCUT2D eigenvalue weighted by molar-refractivity contribution is 5.46. The van der Waals surface area contributed by atoms with Crippen LogP contribution in [0.25, 0.3) is 0 Å². The van der Waals surface area contributed by atoms with Crippen molar-refractivity contribution in [3.8, 4) is 0 Å². The molecule has 27 nitrogen and oxygen atoms in total. The van der Waals surface area contributed by atoms with Crippen LogP contribution in [0.4, 0.5) is 11.6 Å². The number of hydrogen-bond donors (Lipinski definition) is 0. The molecule has 0 radical (unpaired) electrons. The van der Waals surface area contributed by atoms with Crippen LogP contribution in [0, 0.1) is 71.1 Å². The van der Waals surface area contributed by atoms with Gasteiger partial charge in [-0.1, -0.05) is 0 Å². The number of hydroxylamine groups is 2. The van der Waals surface area contributed by atoms with Gasteiger partial charge in [-0.25, -0.2) is 65.3 Å². The summed E-state index contributed by atoms with van der Waals surface area (Å²) < 4.78 is 3.80. The molecule has 0 saturated heterocycles. The molecule has 1 rings (SSSR count). The van der Waals surface area contributed by atoms with E-state index in [0.29, 0.717) is 0 Å². The van der Waals surface area contributed by atoms with Crippen LogP contribution in [0.15, 0.2) is 14.9 Å². The van der Waals surface area contributed by atoms with Crippen molar-refractivity contribution in [2.45, 2.75) is 11.8 Å². The number of azo groups is 2. The highest BCUT2D eigenvalue weighted by Gasteiger charge is 2.85. The molecule has 0 saturated carbocycles. The lowest BCUT2D eigenvalue weighted by Crippen LogP contribution is -2.59. The molecule has 0 spiro atoms. The first-order valence-electron chi connectivity index (χ1n) is 6.25. The second-order valence-corrected chi connectivity index (χ2v) is 4.40. The Balaban J connectivity index is 3.73. The van der Waals surface area contributed by atoms with E-state index >= 15 is 0 Å². The molecular formula is C4N12O15. The van der Waals surface area contributed by atoms with Gasteiger partial charge in [-0.2, -0.15) is 0 Å². The Morgan fingerprint density at radius 1 is 0.548 bits per heavy atom. The van der Waals surface area contributed by atoms with E-state index in [1.807, 2.05) is 0 Å². The summed E-state index contributed by atoms with van der Waals surface area (Å²) in [6.07, 6.45) is 0. The van der Waals surface area contributed by atoms with E-state index in [-0.39, 0.29) is 0 Å². The zero-order valence-corrected chi connectivity index (χ0v) is 13.5. The summed E-state index contributed by atoms with van der Waals surface area (Å²) in [5.74, 6) is -13.2. The number of rotatable bonds is 10. The van der Waals surface area contributed by atoms with Crippen molar-refractivity contribution in [2.75, 3.05) is 0 Å². The molecule has 31 heavy (non-hydrogen) atoms. The van der Waals surface area contributed by atoms with Crippen molar-refractivity contribution in [3.63, 3.8) is 0 Å². The first kappa shape index (κ1) is 23.4. The van der Waals surface area contributed by atoms with Gasteiger partial charge < -0.3 is 10.4 Å². The van der Waals surface area contributed by atoms with Gasteiger partial charge in [-0.3, -0.25) is 0 Å². The smallest absolute Gasteiger partial charge is 0.582 e. The van der Waals surface area contributed by atoms with Gasteiger partial charge in [0.25, 0.3) is 29.5 Å². The Labute approximate surface area is 160 Å². The third-order valence-electron chi connectivity index (χ3n) is 2.81.